The van der Waals surface area contributed by atoms with Gasteiger partial charge in [-0.1, -0.05) is 13.0 Å². The second-order valence-electron chi connectivity index (χ2n) is 6.43. The fourth-order valence-corrected chi connectivity index (χ4v) is 2.86. The average molecular weight is 470 g/mol. The summed E-state index contributed by atoms with van der Waals surface area (Å²) >= 11 is 0. The standard InChI is InChI=1S/C19H23FN4O.HI/c1-14-3-2-10-24(13-14)19(21)23-12-15-4-9-18(22-11-15)25-17-7-5-16(20)6-8-17;/h4-9,11,14H,2-3,10,12-13H2,1H3,(H2,21,23);1H. The van der Waals surface area contributed by atoms with Gasteiger partial charge in [0.05, 0.1) is 6.54 Å². The van der Waals surface area contributed by atoms with E-state index in [2.05, 4.69) is 21.8 Å². The average Bonchev–Trinajstić information content (AvgIpc) is 2.63. The molecule has 1 unspecified atom stereocenters. The number of hydrogen-bond acceptors (Lipinski definition) is 3. The molecule has 0 spiro atoms. The molecule has 2 heterocycles. The van der Waals surface area contributed by atoms with Crippen LogP contribution in [0.4, 0.5) is 4.39 Å². The number of piperidine rings is 1. The van der Waals surface area contributed by atoms with E-state index in [1.165, 1.54) is 18.6 Å². The van der Waals surface area contributed by atoms with E-state index in [1.807, 2.05) is 6.07 Å². The molecule has 2 N–H and O–H groups in total. The molecular weight excluding hydrogens is 446 g/mol. The zero-order chi connectivity index (χ0) is 17.6. The van der Waals surface area contributed by atoms with Crippen molar-refractivity contribution in [3.05, 3.63) is 54.0 Å². The maximum absolute atomic E-state index is 12.9. The maximum Gasteiger partial charge on any atom is 0.219 e. The van der Waals surface area contributed by atoms with Crippen LogP contribution < -0.4 is 10.5 Å². The van der Waals surface area contributed by atoms with Crippen LogP contribution in [0.15, 0.2) is 47.6 Å². The Kier molecular flexibility index (Phi) is 7.62. The van der Waals surface area contributed by atoms with E-state index in [0.717, 1.165) is 25.1 Å². The molecule has 1 aromatic heterocycles. The van der Waals surface area contributed by atoms with Crippen LogP contribution in [0.2, 0.25) is 0 Å². The largest absolute Gasteiger partial charge is 0.439 e. The van der Waals surface area contributed by atoms with Crippen molar-refractivity contribution in [1.82, 2.24) is 9.88 Å². The van der Waals surface area contributed by atoms with E-state index in [1.54, 1.807) is 24.4 Å². The van der Waals surface area contributed by atoms with Gasteiger partial charge < -0.3 is 15.4 Å². The fraction of sp³-hybridized carbons (Fsp3) is 0.368. The van der Waals surface area contributed by atoms with E-state index < -0.39 is 0 Å². The Morgan fingerprint density at radius 2 is 2.08 bits per heavy atom. The molecule has 26 heavy (non-hydrogen) atoms. The summed E-state index contributed by atoms with van der Waals surface area (Å²) in [6.07, 6.45) is 4.13. The van der Waals surface area contributed by atoms with Crippen LogP contribution in [-0.2, 0) is 6.54 Å². The number of pyridine rings is 1. The van der Waals surface area contributed by atoms with Crippen LogP contribution in [0, 0.1) is 11.7 Å². The van der Waals surface area contributed by atoms with Gasteiger partial charge in [0, 0.05) is 25.4 Å². The molecule has 3 rings (SSSR count). The van der Waals surface area contributed by atoms with Crippen LogP contribution in [0.1, 0.15) is 25.3 Å². The lowest BCUT2D eigenvalue weighted by molar-refractivity contribution is 0.270. The second kappa shape index (κ2) is 9.70. The van der Waals surface area contributed by atoms with E-state index in [-0.39, 0.29) is 29.8 Å². The number of rotatable bonds is 4. The van der Waals surface area contributed by atoms with Crippen molar-refractivity contribution in [2.45, 2.75) is 26.3 Å². The van der Waals surface area contributed by atoms with Gasteiger partial charge in [0.1, 0.15) is 11.6 Å². The van der Waals surface area contributed by atoms with Gasteiger partial charge in [-0.25, -0.2) is 14.4 Å². The van der Waals surface area contributed by atoms with Gasteiger partial charge in [-0.2, -0.15) is 0 Å². The SMILES string of the molecule is CC1CCCN(C(N)=NCc2ccc(Oc3ccc(F)cc3)nc2)C1.I. The summed E-state index contributed by atoms with van der Waals surface area (Å²) in [5.41, 5.74) is 7.06. The number of benzene rings is 1. The summed E-state index contributed by atoms with van der Waals surface area (Å²) in [6, 6.07) is 9.51. The summed E-state index contributed by atoms with van der Waals surface area (Å²) in [4.78, 5) is 10.9. The van der Waals surface area contributed by atoms with Gasteiger partial charge in [-0.15, -0.1) is 24.0 Å². The molecule has 1 aliphatic heterocycles. The Balaban J connectivity index is 0.00000243. The highest BCUT2D eigenvalue weighted by Gasteiger charge is 2.17. The number of aliphatic imine (C=N–C) groups is 1. The molecule has 0 aliphatic carbocycles. The van der Waals surface area contributed by atoms with Crippen molar-refractivity contribution < 1.29 is 9.13 Å². The van der Waals surface area contributed by atoms with Gasteiger partial charge >= 0.3 is 0 Å². The lowest BCUT2D eigenvalue weighted by atomic mass is 10.0. The minimum Gasteiger partial charge on any atom is -0.439 e. The smallest absolute Gasteiger partial charge is 0.219 e. The number of likely N-dealkylation sites (tertiary alicyclic amines) is 1. The molecule has 1 saturated heterocycles. The lowest BCUT2D eigenvalue weighted by Gasteiger charge is -2.31. The zero-order valence-electron chi connectivity index (χ0n) is 14.8. The molecule has 1 aliphatic rings. The molecule has 0 amide bonds. The van der Waals surface area contributed by atoms with Crippen LogP contribution in [0.5, 0.6) is 11.6 Å². The number of ether oxygens (including phenoxy) is 1. The zero-order valence-corrected chi connectivity index (χ0v) is 17.1. The summed E-state index contributed by atoms with van der Waals surface area (Å²) in [7, 11) is 0. The molecule has 1 atom stereocenters. The number of aromatic nitrogens is 1. The monoisotopic (exact) mass is 470 g/mol. The first-order valence-electron chi connectivity index (χ1n) is 8.53. The van der Waals surface area contributed by atoms with Crippen molar-refractivity contribution in [2.24, 2.45) is 16.6 Å². The third-order valence-electron chi connectivity index (χ3n) is 4.24. The quantitative estimate of drug-likeness (QED) is 0.414. The van der Waals surface area contributed by atoms with E-state index in [4.69, 9.17) is 10.5 Å². The topological polar surface area (TPSA) is 63.7 Å². The second-order valence-corrected chi connectivity index (χ2v) is 6.43. The van der Waals surface area contributed by atoms with E-state index >= 15 is 0 Å². The molecule has 1 aromatic carbocycles. The normalized spacial score (nSPS) is 17.5. The first-order valence-corrected chi connectivity index (χ1v) is 8.53. The minimum atomic E-state index is -0.297. The number of nitrogens with zero attached hydrogens (tertiary/aromatic N) is 3. The van der Waals surface area contributed by atoms with Crippen molar-refractivity contribution in [3.63, 3.8) is 0 Å². The van der Waals surface area contributed by atoms with Gasteiger partial charge in [0.2, 0.25) is 5.88 Å². The Morgan fingerprint density at radius 1 is 1.31 bits per heavy atom. The third kappa shape index (κ3) is 5.82. The fourth-order valence-electron chi connectivity index (χ4n) is 2.86. The molecule has 7 heteroatoms. The molecule has 0 bridgehead atoms. The third-order valence-corrected chi connectivity index (χ3v) is 4.24. The Labute approximate surface area is 170 Å². The maximum atomic E-state index is 12.9. The van der Waals surface area contributed by atoms with Crippen molar-refractivity contribution in [1.29, 1.82) is 0 Å². The first kappa shape index (κ1) is 20.4. The minimum absolute atomic E-state index is 0. The van der Waals surface area contributed by atoms with Crippen LogP contribution in [0.3, 0.4) is 0 Å². The summed E-state index contributed by atoms with van der Waals surface area (Å²) in [5, 5.41) is 0. The summed E-state index contributed by atoms with van der Waals surface area (Å²) in [5.74, 6) is 1.96. The van der Waals surface area contributed by atoms with Crippen LogP contribution in [-0.4, -0.2) is 28.9 Å². The van der Waals surface area contributed by atoms with Gasteiger partial charge in [-0.05, 0) is 48.6 Å². The van der Waals surface area contributed by atoms with Crippen molar-refractivity contribution in [3.8, 4) is 11.6 Å². The van der Waals surface area contributed by atoms with E-state index in [0.29, 0.717) is 30.1 Å². The lowest BCUT2D eigenvalue weighted by Crippen LogP contribution is -2.43. The van der Waals surface area contributed by atoms with Crippen molar-refractivity contribution >= 4 is 29.9 Å². The highest BCUT2D eigenvalue weighted by atomic mass is 127. The predicted molar refractivity (Wildman–Crippen MR) is 111 cm³/mol. The highest BCUT2D eigenvalue weighted by molar-refractivity contribution is 14.0. The predicted octanol–water partition coefficient (Wildman–Crippen LogP) is 4.18. The number of nitrogens with two attached hydrogens (primary N) is 1. The summed E-state index contributed by atoms with van der Waals surface area (Å²) in [6.45, 7) is 4.67. The molecule has 140 valence electrons. The van der Waals surface area contributed by atoms with Gasteiger partial charge in [0.25, 0.3) is 0 Å². The van der Waals surface area contributed by atoms with E-state index in [9.17, 15) is 4.39 Å². The Morgan fingerprint density at radius 3 is 2.73 bits per heavy atom. The van der Waals surface area contributed by atoms with Crippen LogP contribution >= 0.6 is 24.0 Å². The molecule has 1 fully saturated rings. The summed E-state index contributed by atoms with van der Waals surface area (Å²) < 4.78 is 18.5. The highest BCUT2D eigenvalue weighted by Crippen LogP contribution is 2.20. The molecular formula is C19H24FIN4O. The molecule has 0 radical (unpaired) electrons. The Hall–Kier alpha value is -1.90. The first-order chi connectivity index (χ1) is 12.1. The number of halogens is 2. The molecule has 2 aromatic rings. The van der Waals surface area contributed by atoms with Gasteiger partial charge in [-0.3, -0.25) is 0 Å². The molecule has 5 nitrogen and oxygen atoms in total. The number of guanidine groups is 1. The van der Waals surface area contributed by atoms with Crippen LogP contribution in [0.25, 0.3) is 0 Å². The van der Waals surface area contributed by atoms with Gasteiger partial charge in [0.15, 0.2) is 5.96 Å². The molecule has 0 saturated carbocycles. The number of hydrogen-bond donors (Lipinski definition) is 1. The Bertz CT molecular complexity index is 721. The van der Waals surface area contributed by atoms with Crippen molar-refractivity contribution in [2.75, 3.05) is 13.1 Å².